The Kier molecular flexibility index (Phi) is 2.76. The standard InChI is InChI=1S/C13H14N2O3/c16-13(17)10-7-9-1-4-15(12(9)14-8-10)11-2-5-18-6-3-11/h1,4,7-8,11H,2-3,5-6H2,(H,16,17). The Hall–Kier alpha value is -1.88. The third kappa shape index (κ3) is 1.86. The zero-order valence-electron chi connectivity index (χ0n) is 9.87. The van der Waals surface area contributed by atoms with Crippen molar-refractivity contribution in [3.8, 4) is 0 Å². The third-order valence-corrected chi connectivity index (χ3v) is 3.39. The first-order valence-corrected chi connectivity index (χ1v) is 6.03. The second kappa shape index (κ2) is 4.42. The highest BCUT2D eigenvalue weighted by Gasteiger charge is 2.18. The Labute approximate surface area is 104 Å². The highest BCUT2D eigenvalue weighted by molar-refractivity contribution is 5.91. The molecule has 0 amide bonds. The summed E-state index contributed by atoms with van der Waals surface area (Å²) in [5.41, 5.74) is 1.08. The van der Waals surface area contributed by atoms with E-state index in [-0.39, 0.29) is 5.56 Å². The first kappa shape index (κ1) is 11.2. The quantitative estimate of drug-likeness (QED) is 0.881. The summed E-state index contributed by atoms with van der Waals surface area (Å²) >= 11 is 0. The largest absolute Gasteiger partial charge is 0.478 e. The minimum Gasteiger partial charge on any atom is -0.478 e. The van der Waals surface area contributed by atoms with Crippen LogP contribution in [0.5, 0.6) is 0 Å². The number of ether oxygens (including phenoxy) is 1. The number of rotatable bonds is 2. The summed E-state index contributed by atoms with van der Waals surface area (Å²) in [4.78, 5) is 15.2. The molecule has 1 saturated heterocycles. The van der Waals surface area contributed by atoms with Gasteiger partial charge in [0.25, 0.3) is 0 Å². The van der Waals surface area contributed by atoms with Gasteiger partial charge in [-0.1, -0.05) is 0 Å². The van der Waals surface area contributed by atoms with Crippen LogP contribution in [-0.4, -0.2) is 33.8 Å². The van der Waals surface area contributed by atoms with Crippen molar-refractivity contribution in [2.24, 2.45) is 0 Å². The fourth-order valence-electron chi connectivity index (χ4n) is 2.42. The van der Waals surface area contributed by atoms with E-state index in [2.05, 4.69) is 9.55 Å². The van der Waals surface area contributed by atoms with E-state index in [0.29, 0.717) is 6.04 Å². The fourth-order valence-corrected chi connectivity index (χ4v) is 2.42. The van der Waals surface area contributed by atoms with Crippen molar-refractivity contribution in [2.75, 3.05) is 13.2 Å². The van der Waals surface area contributed by atoms with Gasteiger partial charge in [-0.3, -0.25) is 0 Å². The molecule has 2 aromatic heterocycles. The third-order valence-electron chi connectivity index (χ3n) is 3.39. The van der Waals surface area contributed by atoms with Gasteiger partial charge in [0.05, 0.1) is 5.56 Å². The molecule has 5 nitrogen and oxygen atoms in total. The SMILES string of the molecule is O=C(O)c1cnc2c(ccn2C2CCOCC2)c1. The van der Waals surface area contributed by atoms with Gasteiger partial charge in [-0.2, -0.15) is 0 Å². The lowest BCUT2D eigenvalue weighted by Gasteiger charge is -2.24. The van der Waals surface area contributed by atoms with Crippen LogP contribution < -0.4 is 0 Å². The van der Waals surface area contributed by atoms with E-state index in [1.807, 2.05) is 12.3 Å². The summed E-state index contributed by atoms with van der Waals surface area (Å²) in [5.74, 6) is -0.941. The molecule has 1 aliphatic rings. The molecule has 0 spiro atoms. The Morgan fingerprint density at radius 2 is 2.22 bits per heavy atom. The number of hydrogen-bond donors (Lipinski definition) is 1. The van der Waals surface area contributed by atoms with Gasteiger partial charge in [-0.15, -0.1) is 0 Å². The van der Waals surface area contributed by atoms with E-state index >= 15 is 0 Å². The number of hydrogen-bond acceptors (Lipinski definition) is 3. The van der Waals surface area contributed by atoms with Crippen LogP contribution in [0.15, 0.2) is 24.5 Å². The summed E-state index contributed by atoms with van der Waals surface area (Å²) in [6.07, 6.45) is 5.36. The number of carbonyl (C=O) groups is 1. The lowest BCUT2D eigenvalue weighted by molar-refractivity contribution is 0.0696. The van der Waals surface area contributed by atoms with Crippen LogP contribution in [0.25, 0.3) is 11.0 Å². The molecule has 0 aliphatic carbocycles. The predicted molar refractivity (Wildman–Crippen MR) is 65.8 cm³/mol. The number of carboxylic acid groups (broad SMARTS) is 1. The Morgan fingerprint density at radius 1 is 1.44 bits per heavy atom. The monoisotopic (exact) mass is 246 g/mol. The van der Waals surface area contributed by atoms with E-state index in [1.165, 1.54) is 6.20 Å². The molecule has 0 bridgehead atoms. The molecule has 0 radical (unpaired) electrons. The van der Waals surface area contributed by atoms with E-state index in [1.54, 1.807) is 6.07 Å². The molecular weight excluding hydrogens is 232 g/mol. The van der Waals surface area contributed by atoms with E-state index in [4.69, 9.17) is 9.84 Å². The number of fused-ring (bicyclic) bond motifs is 1. The van der Waals surface area contributed by atoms with Crippen LogP contribution in [0.4, 0.5) is 0 Å². The first-order chi connectivity index (χ1) is 8.75. The van der Waals surface area contributed by atoms with E-state index in [9.17, 15) is 4.79 Å². The van der Waals surface area contributed by atoms with E-state index < -0.39 is 5.97 Å². The Balaban J connectivity index is 2.01. The molecule has 3 rings (SSSR count). The predicted octanol–water partition coefficient (Wildman–Crippen LogP) is 2.09. The zero-order valence-corrected chi connectivity index (χ0v) is 9.87. The van der Waals surface area contributed by atoms with Crippen molar-refractivity contribution in [3.63, 3.8) is 0 Å². The smallest absolute Gasteiger partial charge is 0.337 e. The second-order valence-corrected chi connectivity index (χ2v) is 4.51. The molecule has 0 unspecified atom stereocenters. The molecule has 0 atom stereocenters. The van der Waals surface area contributed by atoms with Gasteiger partial charge < -0.3 is 14.4 Å². The maximum Gasteiger partial charge on any atom is 0.337 e. The molecule has 3 heterocycles. The normalized spacial score (nSPS) is 17.1. The summed E-state index contributed by atoms with van der Waals surface area (Å²) in [7, 11) is 0. The molecule has 0 aromatic carbocycles. The molecule has 0 saturated carbocycles. The number of pyridine rings is 1. The van der Waals surface area contributed by atoms with Crippen LogP contribution >= 0.6 is 0 Å². The highest BCUT2D eigenvalue weighted by atomic mass is 16.5. The molecule has 18 heavy (non-hydrogen) atoms. The lowest BCUT2D eigenvalue weighted by atomic mass is 10.1. The topological polar surface area (TPSA) is 64.3 Å². The first-order valence-electron chi connectivity index (χ1n) is 6.03. The number of nitrogens with zero attached hydrogens (tertiary/aromatic N) is 2. The van der Waals surface area contributed by atoms with E-state index in [0.717, 1.165) is 37.1 Å². The Bertz CT molecular complexity index is 585. The van der Waals surface area contributed by atoms with Gasteiger partial charge in [-0.05, 0) is 25.0 Å². The minimum absolute atomic E-state index is 0.229. The fraction of sp³-hybridized carbons (Fsp3) is 0.385. The van der Waals surface area contributed by atoms with Crippen LogP contribution in [-0.2, 0) is 4.74 Å². The van der Waals surface area contributed by atoms with Crippen molar-refractivity contribution in [2.45, 2.75) is 18.9 Å². The van der Waals surface area contributed by atoms with Gasteiger partial charge in [0.15, 0.2) is 0 Å². The average molecular weight is 246 g/mol. The van der Waals surface area contributed by atoms with Crippen molar-refractivity contribution in [1.29, 1.82) is 0 Å². The van der Waals surface area contributed by atoms with Gasteiger partial charge in [0.2, 0.25) is 0 Å². The summed E-state index contributed by atoms with van der Waals surface area (Å²) < 4.78 is 7.48. The summed E-state index contributed by atoms with van der Waals surface area (Å²) in [6, 6.07) is 3.99. The average Bonchev–Trinajstić information content (AvgIpc) is 2.82. The zero-order chi connectivity index (χ0) is 12.5. The highest BCUT2D eigenvalue weighted by Crippen LogP contribution is 2.26. The van der Waals surface area contributed by atoms with Gasteiger partial charge in [0, 0.05) is 37.0 Å². The van der Waals surface area contributed by atoms with Gasteiger partial charge >= 0.3 is 5.97 Å². The summed E-state index contributed by atoms with van der Waals surface area (Å²) in [5, 5.41) is 9.81. The van der Waals surface area contributed by atoms with Crippen LogP contribution in [0.3, 0.4) is 0 Å². The van der Waals surface area contributed by atoms with Crippen LogP contribution in [0, 0.1) is 0 Å². The maximum atomic E-state index is 10.9. The molecule has 1 aliphatic heterocycles. The molecule has 2 aromatic rings. The Morgan fingerprint density at radius 3 is 2.94 bits per heavy atom. The van der Waals surface area contributed by atoms with Crippen molar-refractivity contribution in [3.05, 3.63) is 30.1 Å². The number of carboxylic acids is 1. The van der Waals surface area contributed by atoms with Crippen molar-refractivity contribution >= 4 is 17.0 Å². The lowest BCUT2D eigenvalue weighted by Crippen LogP contribution is -2.19. The number of aromatic nitrogens is 2. The molecule has 94 valence electrons. The van der Waals surface area contributed by atoms with Crippen LogP contribution in [0.2, 0.25) is 0 Å². The molecule has 1 fully saturated rings. The van der Waals surface area contributed by atoms with Gasteiger partial charge in [0.1, 0.15) is 5.65 Å². The van der Waals surface area contributed by atoms with Crippen molar-refractivity contribution < 1.29 is 14.6 Å². The minimum atomic E-state index is -0.941. The summed E-state index contributed by atoms with van der Waals surface area (Å²) in [6.45, 7) is 1.55. The molecule has 5 heteroatoms. The molecular formula is C13H14N2O3. The second-order valence-electron chi connectivity index (χ2n) is 4.51. The maximum absolute atomic E-state index is 10.9. The molecule has 1 N–H and O–H groups in total. The van der Waals surface area contributed by atoms with Crippen molar-refractivity contribution in [1.82, 2.24) is 9.55 Å². The van der Waals surface area contributed by atoms with Gasteiger partial charge in [-0.25, -0.2) is 9.78 Å². The van der Waals surface area contributed by atoms with Crippen LogP contribution in [0.1, 0.15) is 29.2 Å². The number of aromatic carboxylic acids is 1.